The fourth-order valence-electron chi connectivity index (χ4n) is 3.69. The van der Waals surface area contributed by atoms with Crippen molar-refractivity contribution in [3.63, 3.8) is 0 Å². The Labute approximate surface area is 210 Å². The van der Waals surface area contributed by atoms with Gasteiger partial charge in [-0.3, -0.25) is 14.9 Å². The highest BCUT2D eigenvalue weighted by Gasteiger charge is 2.31. The zero-order chi connectivity index (χ0) is 25.2. The Morgan fingerprint density at radius 1 is 1.11 bits per heavy atom. The molecule has 2 amide bonds. The third-order valence-electron chi connectivity index (χ3n) is 5.50. The zero-order valence-electron chi connectivity index (χ0n) is 19.8. The minimum Gasteiger partial charge on any atom is -0.480 e. The van der Waals surface area contributed by atoms with Crippen LogP contribution in [0.3, 0.4) is 0 Å². The van der Waals surface area contributed by atoms with Gasteiger partial charge in [0.05, 0.1) is 5.69 Å². The van der Waals surface area contributed by atoms with E-state index in [1.807, 2.05) is 12.3 Å². The van der Waals surface area contributed by atoms with E-state index in [0.29, 0.717) is 52.7 Å². The van der Waals surface area contributed by atoms with Gasteiger partial charge in [0.1, 0.15) is 17.2 Å². The topological polar surface area (TPSA) is 120 Å². The number of likely N-dealkylation sites (tertiary alicyclic amines) is 1. The average molecular weight is 506 g/mol. The summed E-state index contributed by atoms with van der Waals surface area (Å²) in [5.41, 5.74) is 1.88. The van der Waals surface area contributed by atoms with Gasteiger partial charge in [-0.05, 0) is 43.3 Å². The van der Waals surface area contributed by atoms with Crippen LogP contribution >= 0.6 is 11.3 Å². The average Bonchev–Trinajstić information content (AvgIpc) is 3.56. The van der Waals surface area contributed by atoms with Gasteiger partial charge in [-0.1, -0.05) is 0 Å². The molecule has 0 bridgehead atoms. The molecule has 0 saturated carbocycles. The number of aromatic nitrogens is 3. The molecule has 36 heavy (non-hydrogen) atoms. The van der Waals surface area contributed by atoms with Crippen molar-refractivity contribution < 1.29 is 23.5 Å². The minimum atomic E-state index is -0.611. The summed E-state index contributed by atoms with van der Waals surface area (Å²) in [5, 5.41) is 13.0. The molecule has 1 N–H and O–H groups in total. The number of nitrogens with zero attached hydrogens (tertiary/aromatic N) is 4. The molecular weight excluding hydrogens is 482 g/mol. The molecule has 0 radical (unpaired) electrons. The predicted molar refractivity (Wildman–Crippen MR) is 132 cm³/mol. The van der Waals surface area contributed by atoms with E-state index in [2.05, 4.69) is 20.5 Å². The van der Waals surface area contributed by atoms with Crippen LogP contribution in [0.1, 0.15) is 28.4 Å². The Morgan fingerprint density at radius 2 is 1.89 bits per heavy atom. The van der Waals surface area contributed by atoms with Crippen molar-refractivity contribution in [3.8, 4) is 28.7 Å². The summed E-state index contributed by atoms with van der Waals surface area (Å²) < 4.78 is 17.5. The summed E-state index contributed by atoms with van der Waals surface area (Å²) in [6.07, 6.45) is -0.0448. The highest BCUT2D eigenvalue weighted by atomic mass is 32.1. The van der Waals surface area contributed by atoms with Gasteiger partial charge in [0.2, 0.25) is 11.8 Å². The first kappa shape index (κ1) is 23.5. The van der Waals surface area contributed by atoms with Crippen LogP contribution in [0.4, 0.5) is 5.13 Å². The van der Waals surface area contributed by atoms with Gasteiger partial charge in [0.25, 0.3) is 11.8 Å². The van der Waals surface area contributed by atoms with Crippen molar-refractivity contribution in [1.82, 2.24) is 20.1 Å². The molecule has 0 aliphatic carbocycles. The number of nitrogens with one attached hydrogen (secondary N) is 1. The molecule has 4 aromatic rings. The maximum absolute atomic E-state index is 13.0. The standard InChI is InChI=1S/C25H23N5O5S/c1-14-13-36-25(26-14)27-22(31)17-10-19(12-20(11-17)35-21-8-9-30(3)24(21)32)34-18-6-4-16(5-7-18)23-29-28-15(2)33-23/h4-7,10-13,21H,8-9H2,1-3H3,(H,26,27,31). The van der Waals surface area contributed by atoms with E-state index in [1.165, 1.54) is 11.3 Å². The van der Waals surface area contributed by atoms with Crippen LogP contribution in [0.2, 0.25) is 0 Å². The Hall–Kier alpha value is -4.25. The maximum atomic E-state index is 13.0. The van der Waals surface area contributed by atoms with Crippen LogP contribution in [-0.4, -0.2) is 51.6 Å². The lowest BCUT2D eigenvalue weighted by molar-refractivity contribution is -0.132. The fraction of sp³-hybridized carbons (Fsp3) is 0.240. The number of amides is 2. The fourth-order valence-corrected chi connectivity index (χ4v) is 4.37. The van der Waals surface area contributed by atoms with Gasteiger partial charge in [0.15, 0.2) is 11.2 Å². The van der Waals surface area contributed by atoms with E-state index >= 15 is 0 Å². The highest BCUT2D eigenvalue weighted by Crippen LogP contribution is 2.31. The second-order valence-corrected chi connectivity index (χ2v) is 9.21. The number of carbonyl (C=O) groups excluding carboxylic acids is 2. The number of likely N-dealkylation sites (N-methyl/N-ethyl adjacent to an activating group) is 1. The van der Waals surface area contributed by atoms with Crippen molar-refractivity contribution in [2.45, 2.75) is 26.4 Å². The number of aryl methyl sites for hydroxylation is 2. The number of rotatable bonds is 7. The summed E-state index contributed by atoms with van der Waals surface area (Å²) in [5.74, 6) is 1.71. The summed E-state index contributed by atoms with van der Waals surface area (Å²) >= 11 is 1.34. The van der Waals surface area contributed by atoms with Gasteiger partial charge in [-0.15, -0.1) is 21.5 Å². The Kier molecular flexibility index (Phi) is 6.38. The van der Waals surface area contributed by atoms with Crippen LogP contribution in [0.5, 0.6) is 17.2 Å². The van der Waals surface area contributed by atoms with Gasteiger partial charge < -0.3 is 18.8 Å². The van der Waals surface area contributed by atoms with Gasteiger partial charge in [-0.2, -0.15) is 0 Å². The van der Waals surface area contributed by atoms with E-state index in [4.69, 9.17) is 13.9 Å². The van der Waals surface area contributed by atoms with Gasteiger partial charge in [0, 0.05) is 49.5 Å². The minimum absolute atomic E-state index is 0.0996. The van der Waals surface area contributed by atoms with Crippen molar-refractivity contribution in [1.29, 1.82) is 0 Å². The number of benzene rings is 2. The molecule has 0 spiro atoms. The molecule has 1 atom stereocenters. The quantitative estimate of drug-likeness (QED) is 0.391. The van der Waals surface area contributed by atoms with Crippen LogP contribution in [0, 0.1) is 13.8 Å². The zero-order valence-corrected chi connectivity index (χ0v) is 20.7. The normalized spacial score (nSPS) is 15.2. The van der Waals surface area contributed by atoms with E-state index in [9.17, 15) is 9.59 Å². The molecule has 1 saturated heterocycles. The van der Waals surface area contributed by atoms with Gasteiger partial charge in [-0.25, -0.2) is 4.98 Å². The van der Waals surface area contributed by atoms with Crippen molar-refractivity contribution in [3.05, 3.63) is 65.0 Å². The number of ether oxygens (including phenoxy) is 2. The number of thiazole rings is 1. The molecule has 184 valence electrons. The van der Waals surface area contributed by atoms with Crippen LogP contribution in [-0.2, 0) is 4.79 Å². The summed E-state index contributed by atoms with van der Waals surface area (Å²) in [6.45, 7) is 4.19. The summed E-state index contributed by atoms with van der Waals surface area (Å²) in [6, 6.07) is 12.0. The van der Waals surface area contributed by atoms with Crippen molar-refractivity contribution in [2.24, 2.45) is 0 Å². The molecule has 3 heterocycles. The molecule has 5 rings (SSSR count). The van der Waals surface area contributed by atoms with E-state index in [1.54, 1.807) is 61.3 Å². The van der Waals surface area contributed by atoms with Crippen LogP contribution in [0.15, 0.2) is 52.3 Å². The van der Waals surface area contributed by atoms with E-state index < -0.39 is 6.10 Å². The first-order chi connectivity index (χ1) is 17.3. The molecule has 11 heteroatoms. The first-order valence-corrected chi connectivity index (χ1v) is 12.1. The summed E-state index contributed by atoms with van der Waals surface area (Å²) in [7, 11) is 1.74. The third kappa shape index (κ3) is 5.20. The molecule has 1 fully saturated rings. The largest absolute Gasteiger partial charge is 0.480 e. The second kappa shape index (κ2) is 9.78. The molecule has 2 aromatic carbocycles. The molecule has 1 aliphatic heterocycles. The predicted octanol–water partition coefficient (Wildman–Crippen LogP) is 4.46. The van der Waals surface area contributed by atoms with Crippen molar-refractivity contribution >= 4 is 28.3 Å². The number of carbonyl (C=O) groups is 2. The lowest BCUT2D eigenvalue weighted by atomic mass is 10.1. The van der Waals surface area contributed by atoms with E-state index in [0.717, 1.165) is 11.3 Å². The number of anilines is 1. The highest BCUT2D eigenvalue weighted by molar-refractivity contribution is 7.13. The SMILES string of the molecule is Cc1csc(NC(=O)c2cc(Oc3ccc(-c4nnc(C)o4)cc3)cc(OC3CCN(C)C3=O)c2)n1. The third-order valence-corrected chi connectivity index (χ3v) is 6.38. The monoisotopic (exact) mass is 505 g/mol. The number of hydrogen-bond donors (Lipinski definition) is 1. The molecule has 1 aliphatic rings. The maximum Gasteiger partial charge on any atom is 0.263 e. The lowest BCUT2D eigenvalue weighted by Gasteiger charge is -2.15. The lowest BCUT2D eigenvalue weighted by Crippen LogP contribution is -2.29. The van der Waals surface area contributed by atoms with Crippen molar-refractivity contribution in [2.75, 3.05) is 18.9 Å². The smallest absolute Gasteiger partial charge is 0.263 e. The Morgan fingerprint density at radius 3 is 2.53 bits per heavy atom. The molecular formula is C25H23N5O5S. The molecule has 10 nitrogen and oxygen atoms in total. The second-order valence-electron chi connectivity index (χ2n) is 8.35. The Balaban J connectivity index is 1.40. The Bertz CT molecular complexity index is 1410. The molecule has 2 aromatic heterocycles. The molecule has 1 unspecified atom stereocenters. The summed E-state index contributed by atoms with van der Waals surface area (Å²) in [4.78, 5) is 31.3. The van der Waals surface area contributed by atoms with Crippen LogP contribution in [0.25, 0.3) is 11.5 Å². The van der Waals surface area contributed by atoms with E-state index in [-0.39, 0.29) is 11.8 Å². The first-order valence-electron chi connectivity index (χ1n) is 11.2. The van der Waals surface area contributed by atoms with Gasteiger partial charge >= 0.3 is 0 Å². The van der Waals surface area contributed by atoms with Crippen LogP contribution < -0.4 is 14.8 Å². The number of hydrogen-bond acceptors (Lipinski definition) is 9.